The Morgan fingerprint density at radius 3 is 2.89 bits per heavy atom. The monoisotopic (exact) mass is 391 g/mol. The van der Waals surface area contributed by atoms with Crippen LogP contribution in [0, 0.1) is 0 Å². The lowest BCUT2D eigenvalue weighted by Crippen LogP contribution is -2.31. The summed E-state index contributed by atoms with van der Waals surface area (Å²) in [7, 11) is 1.70. The zero-order valence-electron chi connectivity index (χ0n) is 11.0. The molecule has 0 radical (unpaired) electrons. The molecule has 0 spiro atoms. The highest BCUT2D eigenvalue weighted by Crippen LogP contribution is 2.32. The van der Waals surface area contributed by atoms with Crippen molar-refractivity contribution in [1.29, 1.82) is 0 Å². The Kier molecular flexibility index (Phi) is 6.13. The van der Waals surface area contributed by atoms with Gasteiger partial charge in [0.2, 0.25) is 0 Å². The lowest BCUT2D eigenvalue weighted by atomic mass is 10.1. The molecule has 1 N–H and O–H groups in total. The molecule has 1 fully saturated rings. The molecule has 1 aromatic carbocycles. The molecule has 1 unspecified atom stereocenters. The fourth-order valence-corrected chi connectivity index (χ4v) is 3.79. The summed E-state index contributed by atoms with van der Waals surface area (Å²) in [6.07, 6.45) is 3.99. The summed E-state index contributed by atoms with van der Waals surface area (Å²) >= 11 is 7.03. The van der Waals surface area contributed by atoms with Gasteiger partial charge in [0.1, 0.15) is 5.75 Å². The molecule has 5 heteroatoms. The van der Waals surface area contributed by atoms with Crippen LogP contribution in [-0.2, 0) is 11.3 Å². The van der Waals surface area contributed by atoms with E-state index in [9.17, 15) is 0 Å². The second-order valence-corrected chi connectivity index (χ2v) is 6.47. The van der Waals surface area contributed by atoms with Gasteiger partial charge in [-0.3, -0.25) is 0 Å². The van der Waals surface area contributed by atoms with E-state index in [1.54, 1.807) is 7.11 Å². The van der Waals surface area contributed by atoms with Crippen molar-refractivity contribution in [2.24, 2.45) is 0 Å². The van der Waals surface area contributed by atoms with Crippen molar-refractivity contribution in [2.75, 3.05) is 20.3 Å². The minimum atomic E-state index is 0.357. The van der Waals surface area contributed by atoms with Gasteiger partial charge < -0.3 is 14.8 Å². The van der Waals surface area contributed by atoms with E-state index in [4.69, 9.17) is 9.47 Å². The zero-order valence-corrected chi connectivity index (χ0v) is 14.2. The molecule has 1 aliphatic rings. The number of benzene rings is 1. The molecular formula is C14H19Br2NO2. The largest absolute Gasteiger partial charge is 0.495 e. The maximum Gasteiger partial charge on any atom is 0.137 e. The smallest absolute Gasteiger partial charge is 0.137 e. The molecule has 0 bridgehead atoms. The minimum Gasteiger partial charge on any atom is -0.495 e. The van der Waals surface area contributed by atoms with E-state index in [1.165, 1.54) is 12.8 Å². The maximum absolute atomic E-state index is 5.71. The topological polar surface area (TPSA) is 30.5 Å². The predicted molar refractivity (Wildman–Crippen MR) is 83.7 cm³/mol. The van der Waals surface area contributed by atoms with Gasteiger partial charge in [0.25, 0.3) is 0 Å². The van der Waals surface area contributed by atoms with E-state index in [0.29, 0.717) is 6.10 Å². The van der Waals surface area contributed by atoms with Crippen LogP contribution in [0.1, 0.15) is 24.8 Å². The van der Waals surface area contributed by atoms with Crippen LogP contribution in [0.5, 0.6) is 5.75 Å². The van der Waals surface area contributed by atoms with Gasteiger partial charge >= 0.3 is 0 Å². The van der Waals surface area contributed by atoms with Crippen molar-refractivity contribution in [1.82, 2.24) is 5.32 Å². The number of hydrogen-bond donors (Lipinski definition) is 1. The molecule has 1 aliphatic heterocycles. The van der Waals surface area contributed by atoms with Crippen LogP contribution in [0.25, 0.3) is 0 Å². The highest BCUT2D eigenvalue weighted by atomic mass is 79.9. The Balaban J connectivity index is 1.91. The van der Waals surface area contributed by atoms with Crippen molar-refractivity contribution in [3.05, 3.63) is 26.6 Å². The summed E-state index contributed by atoms with van der Waals surface area (Å²) in [5, 5.41) is 3.45. The van der Waals surface area contributed by atoms with Crippen LogP contribution in [0.4, 0.5) is 0 Å². The Bertz CT molecular complexity index is 420. The fraction of sp³-hybridized carbons (Fsp3) is 0.571. The van der Waals surface area contributed by atoms with Crippen LogP contribution < -0.4 is 10.1 Å². The Labute approximate surface area is 131 Å². The number of nitrogens with one attached hydrogen (secondary N) is 1. The maximum atomic E-state index is 5.71. The summed E-state index contributed by atoms with van der Waals surface area (Å²) in [6, 6.07) is 4.07. The van der Waals surface area contributed by atoms with E-state index in [-0.39, 0.29) is 0 Å². The molecular weight excluding hydrogens is 374 g/mol. The van der Waals surface area contributed by atoms with Gasteiger partial charge in [0.05, 0.1) is 17.7 Å². The van der Waals surface area contributed by atoms with Crippen LogP contribution in [0.2, 0.25) is 0 Å². The minimum absolute atomic E-state index is 0.357. The zero-order chi connectivity index (χ0) is 13.7. The highest BCUT2D eigenvalue weighted by molar-refractivity contribution is 9.11. The van der Waals surface area contributed by atoms with Gasteiger partial charge in [0, 0.05) is 29.7 Å². The van der Waals surface area contributed by atoms with Crippen LogP contribution in [-0.4, -0.2) is 26.4 Å². The third-order valence-corrected chi connectivity index (χ3v) is 4.30. The Hall–Kier alpha value is -0.100. The third kappa shape index (κ3) is 4.45. The van der Waals surface area contributed by atoms with E-state index >= 15 is 0 Å². The van der Waals surface area contributed by atoms with Gasteiger partial charge in [-0.15, -0.1) is 0 Å². The molecule has 0 saturated carbocycles. The first-order valence-electron chi connectivity index (χ1n) is 6.55. The normalized spacial score (nSPS) is 19.4. The fourth-order valence-electron chi connectivity index (χ4n) is 2.31. The molecule has 0 aliphatic carbocycles. The molecule has 1 heterocycles. The SMILES string of the molecule is COc1c(Br)cc(Br)cc1CNCC1CCCCO1. The number of ether oxygens (including phenoxy) is 2. The summed E-state index contributed by atoms with van der Waals surface area (Å²) in [5.74, 6) is 0.889. The molecule has 0 aromatic heterocycles. The van der Waals surface area contributed by atoms with Gasteiger partial charge in [-0.05, 0) is 47.3 Å². The van der Waals surface area contributed by atoms with Gasteiger partial charge in [0.15, 0.2) is 0 Å². The predicted octanol–water partition coefficient (Wildman–Crippen LogP) is 3.88. The molecule has 1 saturated heterocycles. The average Bonchev–Trinajstić information content (AvgIpc) is 2.39. The lowest BCUT2D eigenvalue weighted by Gasteiger charge is -2.23. The summed E-state index contributed by atoms with van der Waals surface area (Å²) in [4.78, 5) is 0. The van der Waals surface area contributed by atoms with E-state index < -0.39 is 0 Å². The van der Waals surface area contributed by atoms with Crippen LogP contribution in [0.3, 0.4) is 0 Å². The molecule has 1 aromatic rings. The van der Waals surface area contributed by atoms with Gasteiger partial charge in [-0.2, -0.15) is 0 Å². The molecule has 106 valence electrons. The first kappa shape index (κ1) is 15.3. The first-order valence-corrected chi connectivity index (χ1v) is 8.13. The highest BCUT2D eigenvalue weighted by Gasteiger charge is 2.14. The second kappa shape index (κ2) is 7.62. The first-order chi connectivity index (χ1) is 9.20. The third-order valence-electron chi connectivity index (χ3n) is 3.25. The van der Waals surface area contributed by atoms with E-state index in [0.717, 1.165) is 46.4 Å². The van der Waals surface area contributed by atoms with Crippen LogP contribution in [0.15, 0.2) is 21.1 Å². The molecule has 0 amide bonds. The van der Waals surface area contributed by atoms with E-state index in [1.807, 2.05) is 6.07 Å². The van der Waals surface area contributed by atoms with Gasteiger partial charge in [-0.1, -0.05) is 15.9 Å². The summed E-state index contributed by atoms with van der Waals surface area (Å²) in [5.41, 5.74) is 1.14. The lowest BCUT2D eigenvalue weighted by molar-refractivity contribution is 0.0167. The molecule has 19 heavy (non-hydrogen) atoms. The van der Waals surface area contributed by atoms with E-state index in [2.05, 4.69) is 43.2 Å². The molecule has 2 rings (SSSR count). The van der Waals surface area contributed by atoms with Crippen molar-refractivity contribution in [3.63, 3.8) is 0 Å². The quantitative estimate of drug-likeness (QED) is 0.824. The van der Waals surface area contributed by atoms with Crippen molar-refractivity contribution < 1.29 is 9.47 Å². The van der Waals surface area contributed by atoms with Crippen molar-refractivity contribution in [2.45, 2.75) is 31.9 Å². The summed E-state index contributed by atoms with van der Waals surface area (Å²) < 4.78 is 13.2. The number of hydrogen-bond acceptors (Lipinski definition) is 3. The standard InChI is InChI=1S/C14H19Br2NO2/c1-18-14-10(6-11(15)7-13(14)16)8-17-9-12-4-2-3-5-19-12/h6-7,12,17H,2-5,8-9H2,1H3. The van der Waals surface area contributed by atoms with Crippen molar-refractivity contribution in [3.8, 4) is 5.75 Å². The average molecular weight is 393 g/mol. The van der Waals surface area contributed by atoms with Crippen molar-refractivity contribution >= 4 is 31.9 Å². The number of rotatable bonds is 5. The Morgan fingerprint density at radius 2 is 2.21 bits per heavy atom. The summed E-state index contributed by atoms with van der Waals surface area (Å²) in [6.45, 7) is 2.58. The molecule has 3 nitrogen and oxygen atoms in total. The van der Waals surface area contributed by atoms with Crippen LogP contribution >= 0.6 is 31.9 Å². The van der Waals surface area contributed by atoms with Gasteiger partial charge in [-0.25, -0.2) is 0 Å². The number of halogens is 2. The molecule has 1 atom stereocenters. The number of methoxy groups -OCH3 is 1. The second-order valence-electron chi connectivity index (χ2n) is 4.70. The Morgan fingerprint density at radius 1 is 1.37 bits per heavy atom.